The van der Waals surface area contributed by atoms with Crippen LogP contribution in [0.1, 0.15) is 95.1 Å². The molecule has 0 saturated carbocycles. The minimum atomic E-state index is -0.235. The second-order valence-electron chi connectivity index (χ2n) is 12.3. The molecule has 1 aliphatic heterocycles. The van der Waals surface area contributed by atoms with Gasteiger partial charge in [0.15, 0.2) is 0 Å². The first-order valence-corrected chi connectivity index (χ1v) is 15.4. The van der Waals surface area contributed by atoms with Crippen molar-refractivity contribution in [1.29, 1.82) is 0 Å². The van der Waals surface area contributed by atoms with Crippen molar-refractivity contribution in [2.24, 2.45) is 0 Å². The number of nitrogens with zero attached hydrogens (tertiary/aromatic N) is 3. The van der Waals surface area contributed by atoms with E-state index in [2.05, 4.69) is 84.7 Å². The summed E-state index contributed by atoms with van der Waals surface area (Å²) in [6.07, 6.45) is 7.07. The summed E-state index contributed by atoms with van der Waals surface area (Å²) >= 11 is 0. The Bertz CT molecular complexity index is 1510. The number of nitrogens with one attached hydrogen (secondary N) is 2. The number of benzene rings is 2. The number of oxazole rings is 1. The maximum Gasteiger partial charge on any atom is 0.256 e. The van der Waals surface area contributed by atoms with Gasteiger partial charge in [-0.2, -0.15) is 0 Å². The molecule has 1 unspecified atom stereocenters. The molecule has 4 aromatic rings. The number of rotatable bonds is 9. The van der Waals surface area contributed by atoms with E-state index in [1.807, 2.05) is 25.1 Å². The molecule has 8 nitrogen and oxygen atoms in total. The van der Waals surface area contributed by atoms with Crippen LogP contribution >= 0.6 is 0 Å². The predicted molar refractivity (Wildman–Crippen MR) is 173 cm³/mol. The number of pyridine rings is 1. The van der Waals surface area contributed by atoms with E-state index in [1.165, 1.54) is 29.1 Å². The van der Waals surface area contributed by atoms with Crippen LogP contribution in [-0.2, 0) is 12.0 Å². The van der Waals surface area contributed by atoms with E-state index < -0.39 is 0 Å². The second-order valence-corrected chi connectivity index (χ2v) is 12.3. The Labute approximate surface area is 261 Å². The second kappa shape index (κ2) is 15.4. The monoisotopic (exact) mass is 595 g/mol. The quantitative estimate of drug-likeness (QED) is 0.213. The van der Waals surface area contributed by atoms with Gasteiger partial charge in [0.2, 0.25) is 5.89 Å². The van der Waals surface area contributed by atoms with Crippen LogP contribution in [0.5, 0.6) is 0 Å². The molecule has 0 radical (unpaired) electrons. The van der Waals surface area contributed by atoms with Gasteiger partial charge in [-0.05, 0) is 62.3 Å². The summed E-state index contributed by atoms with van der Waals surface area (Å²) in [6.45, 7) is 13.3. The van der Waals surface area contributed by atoms with Crippen LogP contribution < -0.4 is 10.6 Å². The van der Waals surface area contributed by atoms with E-state index in [-0.39, 0.29) is 23.3 Å². The Morgan fingerprint density at radius 1 is 0.977 bits per heavy atom. The molecular weight excluding hydrogens is 550 g/mol. The van der Waals surface area contributed by atoms with Crippen LogP contribution in [-0.4, -0.2) is 46.3 Å². The molecule has 3 heterocycles. The van der Waals surface area contributed by atoms with Crippen molar-refractivity contribution in [2.45, 2.75) is 71.9 Å². The lowest BCUT2D eigenvalue weighted by molar-refractivity contribution is 0.0715. The molecule has 1 fully saturated rings. The molecule has 5 rings (SSSR count). The zero-order chi connectivity index (χ0) is 31.5. The minimum Gasteiger partial charge on any atom is -0.446 e. The Balaban J connectivity index is 0.000000555. The summed E-state index contributed by atoms with van der Waals surface area (Å²) in [5.74, 6) is 0.155. The normalized spacial score (nSPS) is 14.6. The summed E-state index contributed by atoms with van der Waals surface area (Å²) in [7, 11) is 0. The lowest BCUT2D eigenvalue weighted by atomic mass is 9.86. The van der Waals surface area contributed by atoms with Crippen molar-refractivity contribution >= 4 is 11.8 Å². The number of hydrogen-bond acceptors (Lipinski definition) is 6. The Morgan fingerprint density at radius 3 is 2.43 bits per heavy atom. The van der Waals surface area contributed by atoms with E-state index >= 15 is 0 Å². The number of carbonyl (C=O) groups is 2. The smallest absolute Gasteiger partial charge is 0.256 e. The van der Waals surface area contributed by atoms with Crippen LogP contribution in [0.3, 0.4) is 0 Å². The number of aryl methyl sites for hydroxylation is 2. The van der Waals surface area contributed by atoms with E-state index in [1.54, 1.807) is 17.2 Å². The fraction of sp³-hybridized carbons (Fsp3) is 0.389. The van der Waals surface area contributed by atoms with Crippen molar-refractivity contribution < 1.29 is 14.0 Å². The fourth-order valence-corrected chi connectivity index (χ4v) is 5.07. The molecule has 44 heavy (non-hydrogen) atoms. The molecule has 2 N–H and O–H groups in total. The van der Waals surface area contributed by atoms with Crippen LogP contribution in [0, 0.1) is 13.8 Å². The SMILES string of the molecule is Cc1ccccc1.Cc1coc(C2CCCN2C(=O)c2cncc(C(=O)NCCCNCc3cccc(C(C)(C)C)c3)c2)n1. The maximum absolute atomic E-state index is 13.2. The largest absolute Gasteiger partial charge is 0.446 e. The van der Waals surface area contributed by atoms with E-state index in [0.717, 1.165) is 38.0 Å². The van der Waals surface area contributed by atoms with Crippen molar-refractivity contribution in [1.82, 2.24) is 25.5 Å². The lowest BCUT2D eigenvalue weighted by Crippen LogP contribution is -2.31. The van der Waals surface area contributed by atoms with Gasteiger partial charge in [0.05, 0.1) is 16.8 Å². The Kier molecular flexibility index (Phi) is 11.4. The van der Waals surface area contributed by atoms with Crippen molar-refractivity contribution in [3.05, 3.63) is 119 Å². The van der Waals surface area contributed by atoms with Gasteiger partial charge in [0.1, 0.15) is 12.3 Å². The van der Waals surface area contributed by atoms with Gasteiger partial charge in [0.25, 0.3) is 11.8 Å². The van der Waals surface area contributed by atoms with Crippen molar-refractivity contribution in [3.8, 4) is 0 Å². The minimum absolute atomic E-state index is 0.128. The number of likely N-dealkylation sites (tertiary alicyclic amines) is 1. The predicted octanol–water partition coefficient (Wildman–Crippen LogP) is 6.56. The molecule has 232 valence electrons. The zero-order valence-corrected chi connectivity index (χ0v) is 26.6. The highest BCUT2D eigenvalue weighted by atomic mass is 16.3. The third kappa shape index (κ3) is 9.35. The third-order valence-corrected chi connectivity index (χ3v) is 7.56. The summed E-state index contributed by atoms with van der Waals surface area (Å²) in [6, 6.07) is 20.3. The first-order chi connectivity index (χ1) is 21.1. The summed E-state index contributed by atoms with van der Waals surface area (Å²) in [4.78, 5) is 36.2. The molecule has 0 bridgehead atoms. The Hall–Kier alpha value is -4.30. The van der Waals surface area contributed by atoms with E-state index in [4.69, 9.17) is 4.42 Å². The molecule has 2 amide bonds. The molecule has 0 spiro atoms. The number of aromatic nitrogens is 2. The number of carbonyl (C=O) groups excluding carboxylic acids is 2. The zero-order valence-electron chi connectivity index (χ0n) is 26.6. The molecule has 1 saturated heterocycles. The van der Waals surface area contributed by atoms with E-state index in [9.17, 15) is 9.59 Å². The fourth-order valence-electron chi connectivity index (χ4n) is 5.07. The van der Waals surface area contributed by atoms with Crippen LogP contribution in [0.4, 0.5) is 0 Å². The van der Waals surface area contributed by atoms with Gasteiger partial charge in [0, 0.05) is 32.0 Å². The molecule has 8 heteroatoms. The highest BCUT2D eigenvalue weighted by Gasteiger charge is 2.34. The average molecular weight is 596 g/mol. The van der Waals surface area contributed by atoms with Crippen molar-refractivity contribution in [3.63, 3.8) is 0 Å². The van der Waals surface area contributed by atoms with Gasteiger partial charge in [-0.1, -0.05) is 80.9 Å². The molecule has 0 aliphatic carbocycles. The highest BCUT2D eigenvalue weighted by Crippen LogP contribution is 2.32. The topological polar surface area (TPSA) is 100 Å². The molecule has 2 aromatic heterocycles. The van der Waals surface area contributed by atoms with Gasteiger partial charge >= 0.3 is 0 Å². The first-order valence-electron chi connectivity index (χ1n) is 15.4. The number of hydrogen-bond donors (Lipinski definition) is 2. The number of amides is 2. The van der Waals surface area contributed by atoms with Gasteiger partial charge in [-0.15, -0.1) is 0 Å². The van der Waals surface area contributed by atoms with Crippen molar-refractivity contribution in [2.75, 3.05) is 19.6 Å². The maximum atomic E-state index is 13.2. The highest BCUT2D eigenvalue weighted by molar-refractivity contribution is 5.99. The molecular formula is C36H45N5O3. The average Bonchev–Trinajstić information content (AvgIpc) is 3.68. The Morgan fingerprint density at radius 2 is 1.75 bits per heavy atom. The summed E-state index contributed by atoms with van der Waals surface area (Å²) in [5, 5.41) is 6.37. The van der Waals surface area contributed by atoms with E-state index in [0.29, 0.717) is 30.1 Å². The van der Waals surface area contributed by atoms with Crippen LogP contribution in [0.15, 0.2) is 83.7 Å². The lowest BCUT2D eigenvalue weighted by Gasteiger charge is -2.22. The third-order valence-electron chi connectivity index (χ3n) is 7.56. The molecule has 2 aromatic carbocycles. The first kappa shape index (κ1) is 32.6. The summed E-state index contributed by atoms with van der Waals surface area (Å²) in [5.41, 5.74) is 5.58. The molecule has 1 aliphatic rings. The van der Waals surface area contributed by atoms with Gasteiger partial charge in [-0.25, -0.2) is 4.98 Å². The summed E-state index contributed by atoms with van der Waals surface area (Å²) < 4.78 is 5.55. The van der Waals surface area contributed by atoms with Gasteiger partial charge < -0.3 is 20.0 Å². The van der Waals surface area contributed by atoms with Crippen LogP contribution in [0.2, 0.25) is 0 Å². The van der Waals surface area contributed by atoms with Gasteiger partial charge in [-0.3, -0.25) is 14.6 Å². The standard InChI is InChI=1S/C29H37N5O3.C7H8/c1-20-19-37-27(33-20)25-10-6-13-34(25)28(36)23-15-22(17-31-18-23)26(35)32-12-7-11-30-16-21-8-5-9-24(14-21)29(2,3)4;1-7-5-3-2-4-6-7/h5,8-9,14-15,17-19,25,30H,6-7,10-13,16H2,1-4H3,(H,32,35);2-6H,1H3. The molecule has 1 atom stereocenters. The van der Waals surface area contributed by atoms with Crippen LogP contribution in [0.25, 0.3) is 0 Å².